The Morgan fingerprint density at radius 2 is 1.74 bits per heavy atom. The van der Waals surface area contributed by atoms with Gasteiger partial charge in [0.15, 0.2) is 5.96 Å². The van der Waals surface area contributed by atoms with Crippen molar-refractivity contribution in [3.8, 4) is 5.75 Å². The first-order chi connectivity index (χ1) is 13.2. The summed E-state index contributed by atoms with van der Waals surface area (Å²) in [4.78, 5) is 11.9. The molecule has 1 atom stereocenters. The van der Waals surface area contributed by atoms with Gasteiger partial charge in [0.25, 0.3) is 0 Å². The summed E-state index contributed by atoms with van der Waals surface area (Å²) in [6.45, 7) is 11.1. The molecule has 2 aliphatic rings. The van der Waals surface area contributed by atoms with Crippen LogP contribution < -0.4 is 15.0 Å². The maximum atomic E-state index is 5.25. The lowest BCUT2D eigenvalue weighted by Crippen LogP contribution is -2.53. The first kappa shape index (κ1) is 19.8. The molecule has 6 nitrogen and oxygen atoms in total. The van der Waals surface area contributed by atoms with Gasteiger partial charge < -0.3 is 24.8 Å². The molecule has 6 heteroatoms. The highest BCUT2D eigenvalue weighted by Gasteiger charge is 2.21. The summed E-state index contributed by atoms with van der Waals surface area (Å²) >= 11 is 0. The van der Waals surface area contributed by atoms with E-state index in [0.717, 1.165) is 44.4 Å². The normalized spacial score (nSPS) is 20.0. The molecule has 0 amide bonds. The fourth-order valence-electron chi connectivity index (χ4n) is 4.04. The van der Waals surface area contributed by atoms with E-state index in [9.17, 15) is 0 Å². The Hall–Kier alpha value is -1.95. The molecule has 0 aromatic heterocycles. The fourth-order valence-corrected chi connectivity index (χ4v) is 4.04. The summed E-state index contributed by atoms with van der Waals surface area (Å²) in [5.74, 6) is 2.59. The van der Waals surface area contributed by atoms with Crippen molar-refractivity contribution in [1.82, 2.24) is 15.1 Å². The molecular formula is C21H35N5O. The number of piperazine rings is 1. The van der Waals surface area contributed by atoms with Crippen molar-refractivity contribution < 1.29 is 4.74 Å². The highest BCUT2D eigenvalue weighted by atomic mass is 16.5. The van der Waals surface area contributed by atoms with E-state index in [1.165, 1.54) is 38.2 Å². The van der Waals surface area contributed by atoms with Crippen molar-refractivity contribution in [2.75, 3.05) is 71.4 Å². The third-order valence-corrected chi connectivity index (χ3v) is 5.61. The molecular weight excluding hydrogens is 338 g/mol. The van der Waals surface area contributed by atoms with Crippen LogP contribution in [0.15, 0.2) is 29.3 Å². The van der Waals surface area contributed by atoms with Crippen molar-refractivity contribution in [1.29, 1.82) is 0 Å². The van der Waals surface area contributed by atoms with Crippen molar-refractivity contribution in [3.05, 3.63) is 24.3 Å². The Kier molecular flexibility index (Phi) is 7.21. The van der Waals surface area contributed by atoms with E-state index in [-0.39, 0.29) is 0 Å². The number of benzene rings is 1. The largest absolute Gasteiger partial charge is 0.497 e. The second-order valence-corrected chi connectivity index (χ2v) is 7.71. The van der Waals surface area contributed by atoms with Crippen LogP contribution in [-0.2, 0) is 0 Å². The lowest BCUT2D eigenvalue weighted by atomic mass is 10.1. The molecule has 0 saturated carbocycles. The molecule has 27 heavy (non-hydrogen) atoms. The Labute approximate surface area is 164 Å². The Balaban J connectivity index is 1.43. The van der Waals surface area contributed by atoms with Gasteiger partial charge in [-0.1, -0.05) is 6.92 Å². The monoisotopic (exact) mass is 373 g/mol. The number of anilines is 1. The summed E-state index contributed by atoms with van der Waals surface area (Å²) in [5.41, 5.74) is 1.26. The number of hydrogen-bond donors (Lipinski definition) is 1. The Morgan fingerprint density at radius 1 is 1.07 bits per heavy atom. The second-order valence-electron chi connectivity index (χ2n) is 7.71. The van der Waals surface area contributed by atoms with E-state index in [0.29, 0.717) is 5.92 Å². The van der Waals surface area contributed by atoms with Gasteiger partial charge in [0.1, 0.15) is 5.75 Å². The number of ether oxygens (including phenoxy) is 1. The maximum absolute atomic E-state index is 5.25. The van der Waals surface area contributed by atoms with Gasteiger partial charge in [-0.05, 0) is 56.1 Å². The van der Waals surface area contributed by atoms with E-state index in [4.69, 9.17) is 4.74 Å². The number of likely N-dealkylation sites (tertiary alicyclic amines) is 1. The maximum Gasteiger partial charge on any atom is 0.193 e. The van der Waals surface area contributed by atoms with E-state index in [1.807, 2.05) is 19.2 Å². The molecule has 1 aromatic carbocycles. The Bertz CT molecular complexity index is 589. The molecule has 1 N–H and O–H groups in total. The minimum Gasteiger partial charge on any atom is -0.497 e. The zero-order chi connectivity index (χ0) is 19.1. The van der Waals surface area contributed by atoms with Crippen LogP contribution in [0.25, 0.3) is 0 Å². The fraction of sp³-hybridized carbons (Fsp3) is 0.667. The first-order valence-corrected chi connectivity index (χ1v) is 10.3. The van der Waals surface area contributed by atoms with Crippen LogP contribution in [0.1, 0.15) is 19.8 Å². The van der Waals surface area contributed by atoms with E-state index >= 15 is 0 Å². The highest BCUT2D eigenvalue weighted by Crippen LogP contribution is 2.20. The zero-order valence-corrected chi connectivity index (χ0v) is 17.2. The molecule has 0 spiro atoms. The molecule has 2 saturated heterocycles. The molecule has 2 fully saturated rings. The molecule has 150 valence electrons. The van der Waals surface area contributed by atoms with Gasteiger partial charge in [-0.3, -0.25) is 4.99 Å². The summed E-state index contributed by atoms with van der Waals surface area (Å²) in [6.07, 6.45) is 2.72. The van der Waals surface area contributed by atoms with Crippen molar-refractivity contribution in [2.45, 2.75) is 19.8 Å². The van der Waals surface area contributed by atoms with E-state index in [2.05, 4.69) is 44.1 Å². The standard InChI is InChI=1S/C21H35N5O/c1-18(17-24-10-4-5-11-24)16-23-21(22-2)26-14-12-25(13-15-26)19-6-8-20(27-3)9-7-19/h6-9,18H,4-5,10-17H2,1-3H3,(H,22,23). The number of hydrogen-bond acceptors (Lipinski definition) is 4. The lowest BCUT2D eigenvalue weighted by Gasteiger charge is -2.38. The summed E-state index contributed by atoms with van der Waals surface area (Å²) < 4.78 is 5.25. The molecule has 1 aromatic rings. The number of methoxy groups -OCH3 is 1. The number of rotatable bonds is 6. The molecule has 0 radical (unpaired) electrons. The first-order valence-electron chi connectivity index (χ1n) is 10.3. The molecule has 0 bridgehead atoms. The molecule has 3 rings (SSSR count). The smallest absolute Gasteiger partial charge is 0.193 e. The van der Waals surface area contributed by atoms with Gasteiger partial charge in [-0.25, -0.2) is 0 Å². The predicted octanol–water partition coefficient (Wildman–Crippen LogP) is 2.12. The van der Waals surface area contributed by atoms with Crippen LogP contribution in [0.2, 0.25) is 0 Å². The third kappa shape index (κ3) is 5.51. The molecule has 2 heterocycles. The molecule has 2 aliphatic heterocycles. The third-order valence-electron chi connectivity index (χ3n) is 5.61. The minimum atomic E-state index is 0.639. The van der Waals surface area contributed by atoms with Crippen LogP contribution in [0.4, 0.5) is 5.69 Å². The minimum absolute atomic E-state index is 0.639. The number of nitrogens with one attached hydrogen (secondary N) is 1. The van der Waals surface area contributed by atoms with Crippen molar-refractivity contribution in [3.63, 3.8) is 0 Å². The highest BCUT2D eigenvalue weighted by molar-refractivity contribution is 5.80. The SMILES string of the molecule is CN=C(NCC(C)CN1CCCC1)N1CCN(c2ccc(OC)cc2)CC1. The summed E-state index contributed by atoms with van der Waals surface area (Å²) in [6, 6.07) is 8.34. The number of guanidine groups is 1. The van der Waals surface area contributed by atoms with E-state index in [1.54, 1.807) is 7.11 Å². The average molecular weight is 374 g/mol. The van der Waals surface area contributed by atoms with Crippen molar-refractivity contribution >= 4 is 11.6 Å². The van der Waals surface area contributed by atoms with Crippen LogP contribution in [0.3, 0.4) is 0 Å². The van der Waals surface area contributed by atoms with Gasteiger partial charge in [-0.2, -0.15) is 0 Å². The van der Waals surface area contributed by atoms with Gasteiger partial charge in [0.2, 0.25) is 0 Å². The van der Waals surface area contributed by atoms with Gasteiger partial charge in [-0.15, -0.1) is 0 Å². The quantitative estimate of drug-likeness (QED) is 0.611. The second kappa shape index (κ2) is 9.83. The van der Waals surface area contributed by atoms with Gasteiger partial charge in [0, 0.05) is 52.0 Å². The number of nitrogens with zero attached hydrogens (tertiary/aromatic N) is 4. The van der Waals surface area contributed by atoms with Crippen LogP contribution in [0.5, 0.6) is 5.75 Å². The lowest BCUT2D eigenvalue weighted by molar-refractivity contribution is 0.285. The summed E-state index contributed by atoms with van der Waals surface area (Å²) in [7, 11) is 3.60. The topological polar surface area (TPSA) is 43.3 Å². The zero-order valence-electron chi connectivity index (χ0n) is 17.2. The Morgan fingerprint density at radius 3 is 2.33 bits per heavy atom. The number of aliphatic imine (C=N–C) groups is 1. The summed E-state index contributed by atoms with van der Waals surface area (Å²) in [5, 5.41) is 3.60. The van der Waals surface area contributed by atoms with Crippen LogP contribution >= 0.6 is 0 Å². The van der Waals surface area contributed by atoms with E-state index < -0.39 is 0 Å². The molecule has 1 unspecified atom stereocenters. The van der Waals surface area contributed by atoms with Gasteiger partial charge >= 0.3 is 0 Å². The van der Waals surface area contributed by atoms with Crippen LogP contribution in [-0.4, -0.2) is 82.3 Å². The average Bonchev–Trinajstić information content (AvgIpc) is 3.22. The predicted molar refractivity (Wildman–Crippen MR) is 113 cm³/mol. The van der Waals surface area contributed by atoms with Crippen molar-refractivity contribution in [2.24, 2.45) is 10.9 Å². The van der Waals surface area contributed by atoms with Crippen LogP contribution in [0, 0.1) is 5.92 Å². The molecule has 0 aliphatic carbocycles. The van der Waals surface area contributed by atoms with Gasteiger partial charge in [0.05, 0.1) is 7.11 Å².